The zero-order valence-electron chi connectivity index (χ0n) is 9.69. The van der Waals surface area contributed by atoms with Gasteiger partial charge < -0.3 is 4.74 Å². The van der Waals surface area contributed by atoms with E-state index in [1.165, 1.54) is 44.2 Å². The largest absolute Gasteiger partial charge is 0.374 e. The fourth-order valence-electron chi connectivity index (χ4n) is 3.39. The zero-order chi connectivity index (χ0) is 10.8. The predicted molar refractivity (Wildman–Crippen MR) is 63.4 cm³/mol. The van der Waals surface area contributed by atoms with Crippen LogP contribution >= 0.6 is 0 Å². The molecule has 1 spiro atoms. The molecule has 1 aliphatic heterocycles. The van der Waals surface area contributed by atoms with Crippen molar-refractivity contribution in [2.24, 2.45) is 0 Å². The molecular weight excluding hydrogens is 198 g/mol. The highest BCUT2D eigenvalue weighted by Gasteiger charge is 2.45. The summed E-state index contributed by atoms with van der Waals surface area (Å²) in [6.45, 7) is 0.948. The van der Waals surface area contributed by atoms with Gasteiger partial charge in [-0.1, -0.05) is 18.9 Å². The monoisotopic (exact) mass is 217 g/mol. The van der Waals surface area contributed by atoms with Gasteiger partial charge in [-0.05, 0) is 37.8 Å². The lowest BCUT2D eigenvalue weighted by molar-refractivity contribution is -0.0903. The van der Waals surface area contributed by atoms with Gasteiger partial charge in [0, 0.05) is 24.4 Å². The van der Waals surface area contributed by atoms with Gasteiger partial charge in [0.15, 0.2) is 0 Å². The molecule has 2 fully saturated rings. The molecule has 2 aliphatic rings. The Labute approximate surface area is 97.0 Å². The maximum atomic E-state index is 6.15. The van der Waals surface area contributed by atoms with Crippen LogP contribution in [0.5, 0.6) is 0 Å². The number of ether oxygens (including phenoxy) is 1. The molecule has 1 atom stereocenters. The van der Waals surface area contributed by atoms with E-state index in [0.717, 1.165) is 6.61 Å². The number of hydrogen-bond donors (Lipinski definition) is 0. The van der Waals surface area contributed by atoms with E-state index in [0.29, 0.717) is 5.92 Å². The van der Waals surface area contributed by atoms with Crippen molar-refractivity contribution in [3.05, 3.63) is 30.1 Å². The van der Waals surface area contributed by atoms with Gasteiger partial charge in [0.05, 0.1) is 5.60 Å². The van der Waals surface area contributed by atoms with Crippen LogP contribution < -0.4 is 0 Å². The van der Waals surface area contributed by atoms with Crippen LogP contribution in [0.15, 0.2) is 24.4 Å². The highest BCUT2D eigenvalue weighted by molar-refractivity contribution is 5.17. The summed E-state index contributed by atoms with van der Waals surface area (Å²) < 4.78 is 6.15. The first-order valence-electron chi connectivity index (χ1n) is 6.46. The quantitative estimate of drug-likeness (QED) is 0.720. The normalized spacial score (nSPS) is 28.4. The Kier molecular flexibility index (Phi) is 2.68. The van der Waals surface area contributed by atoms with E-state index in [2.05, 4.69) is 17.1 Å². The van der Waals surface area contributed by atoms with Gasteiger partial charge in [0.1, 0.15) is 0 Å². The zero-order valence-corrected chi connectivity index (χ0v) is 9.69. The standard InChI is InChI=1S/C14H19NO/c1-4-10-15-13(7-1)12-6-5-11-16-14(12)8-2-3-9-14/h1,4,7,10,12H,2-3,5-6,8-9,11H2. The Balaban J connectivity index is 1.91. The van der Waals surface area contributed by atoms with Gasteiger partial charge in [0.2, 0.25) is 0 Å². The minimum atomic E-state index is 0.132. The summed E-state index contributed by atoms with van der Waals surface area (Å²) in [6.07, 6.45) is 9.45. The molecule has 16 heavy (non-hydrogen) atoms. The summed E-state index contributed by atoms with van der Waals surface area (Å²) in [5.74, 6) is 0.532. The van der Waals surface area contributed by atoms with Gasteiger partial charge in [-0.25, -0.2) is 0 Å². The molecule has 86 valence electrons. The smallest absolute Gasteiger partial charge is 0.0765 e. The Morgan fingerprint density at radius 2 is 2.06 bits per heavy atom. The molecule has 1 saturated heterocycles. The summed E-state index contributed by atoms with van der Waals surface area (Å²) in [4.78, 5) is 4.54. The van der Waals surface area contributed by atoms with Crippen LogP contribution in [0.3, 0.4) is 0 Å². The van der Waals surface area contributed by atoms with Crippen LogP contribution in [-0.4, -0.2) is 17.2 Å². The molecule has 2 heterocycles. The average Bonchev–Trinajstić information content (AvgIpc) is 2.80. The number of pyridine rings is 1. The Hall–Kier alpha value is -0.890. The second-order valence-electron chi connectivity index (χ2n) is 5.07. The van der Waals surface area contributed by atoms with Crippen molar-refractivity contribution in [3.63, 3.8) is 0 Å². The van der Waals surface area contributed by atoms with Crippen molar-refractivity contribution in [3.8, 4) is 0 Å². The Morgan fingerprint density at radius 3 is 2.81 bits per heavy atom. The lowest BCUT2D eigenvalue weighted by Gasteiger charge is -2.41. The topological polar surface area (TPSA) is 22.1 Å². The first-order chi connectivity index (χ1) is 7.91. The minimum Gasteiger partial charge on any atom is -0.374 e. The van der Waals surface area contributed by atoms with Crippen molar-refractivity contribution in [2.75, 3.05) is 6.61 Å². The van der Waals surface area contributed by atoms with E-state index < -0.39 is 0 Å². The van der Waals surface area contributed by atoms with E-state index >= 15 is 0 Å². The lowest BCUT2D eigenvalue weighted by atomic mass is 9.78. The molecule has 0 N–H and O–H groups in total. The van der Waals surface area contributed by atoms with Gasteiger partial charge >= 0.3 is 0 Å². The fraction of sp³-hybridized carbons (Fsp3) is 0.643. The highest BCUT2D eigenvalue weighted by atomic mass is 16.5. The molecule has 2 heteroatoms. The number of rotatable bonds is 1. The third kappa shape index (κ3) is 1.65. The van der Waals surface area contributed by atoms with E-state index in [-0.39, 0.29) is 5.60 Å². The molecular formula is C14H19NO. The average molecular weight is 217 g/mol. The fourth-order valence-corrected chi connectivity index (χ4v) is 3.39. The third-order valence-corrected chi connectivity index (χ3v) is 4.16. The van der Waals surface area contributed by atoms with Crippen molar-refractivity contribution in [1.29, 1.82) is 0 Å². The maximum Gasteiger partial charge on any atom is 0.0765 e. The number of nitrogens with zero attached hydrogens (tertiary/aromatic N) is 1. The molecule has 1 aromatic heterocycles. The minimum absolute atomic E-state index is 0.132. The molecule has 1 unspecified atom stereocenters. The predicted octanol–water partition coefficient (Wildman–Crippen LogP) is 3.29. The van der Waals surface area contributed by atoms with E-state index in [9.17, 15) is 0 Å². The van der Waals surface area contributed by atoms with Crippen LogP contribution in [0.1, 0.15) is 50.1 Å². The first kappa shape index (κ1) is 10.3. The molecule has 3 rings (SSSR count). The lowest BCUT2D eigenvalue weighted by Crippen LogP contribution is -2.40. The molecule has 0 aromatic carbocycles. The van der Waals surface area contributed by atoms with Crippen molar-refractivity contribution in [2.45, 2.75) is 50.0 Å². The Morgan fingerprint density at radius 1 is 1.19 bits per heavy atom. The number of hydrogen-bond acceptors (Lipinski definition) is 2. The van der Waals surface area contributed by atoms with Crippen molar-refractivity contribution >= 4 is 0 Å². The van der Waals surface area contributed by atoms with Gasteiger partial charge in [0.25, 0.3) is 0 Å². The van der Waals surface area contributed by atoms with Crippen LogP contribution in [0.2, 0.25) is 0 Å². The third-order valence-electron chi connectivity index (χ3n) is 4.16. The van der Waals surface area contributed by atoms with Crippen molar-refractivity contribution < 1.29 is 4.74 Å². The second-order valence-corrected chi connectivity index (χ2v) is 5.07. The second kappa shape index (κ2) is 4.17. The van der Waals surface area contributed by atoms with Crippen molar-refractivity contribution in [1.82, 2.24) is 4.98 Å². The van der Waals surface area contributed by atoms with Crippen LogP contribution in [0, 0.1) is 0 Å². The molecule has 2 nitrogen and oxygen atoms in total. The number of aromatic nitrogens is 1. The summed E-state index contributed by atoms with van der Waals surface area (Å²) in [5.41, 5.74) is 1.37. The highest BCUT2D eigenvalue weighted by Crippen LogP contribution is 2.48. The first-order valence-corrected chi connectivity index (χ1v) is 6.46. The summed E-state index contributed by atoms with van der Waals surface area (Å²) in [7, 11) is 0. The van der Waals surface area contributed by atoms with E-state index in [1.54, 1.807) is 0 Å². The van der Waals surface area contributed by atoms with Crippen LogP contribution in [0.4, 0.5) is 0 Å². The molecule has 0 amide bonds. The molecule has 0 bridgehead atoms. The van der Waals surface area contributed by atoms with Gasteiger partial charge in [-0.15, -0.1) is 0 Å². The summed E-state index contributed by atoms with van der Waals surface area (Å²) in [5, 5.41) is 0. The Bertz CT molecular complexity index is 343. The SMILES string of the molecule is c1ccc(C2CCCOC23CCCC3)nc1. The molecule has 0 radical (unpaired) electrons. The van der Waals surface area contributed by atoms with Gasteiger partial charge in [-0.3, -0.25) is 4.98 Å². The van der Waals surface area contributed by atoms with Gasteiger partial charge in [-0.2, -0.15) is 0 Å². The van der Waals surface area contributed by atoms with E-state index in [1.807, 2.05) is 12.3 Å². The summed E-state index contributed by atoms with van der Waals surface area (Å²) >= 11 is 0. The molecule has 1 aromatic rings. The summed E-state index contributed by atoms with van der Waals surface area (Å²) in [6, 6.07) is 6.26. The van der Waals surface area contributed by atoms with E-state index in [4.69, 9.17) is 4.74 Å². The van der Waals surface area contributed by atoms with Crippen LogP contribution in [-0.2, 0) is 4.74 Å². The molecule has 1 aliphatic carbocycles. The molecule has 1 saturated carbocycles. The van der Waals surface area contributed by atoms with Crippen LogP contribution in [0.25, 0.3) is 0 Å². The maximum absolute atomic E-state index is 6.15.